The first-order valence-electron chi connectivity index (χ1n) is 14.3. The standard InChI is InChI=1S/C31H34N8O3/c1-30(2,3)42-29(40)37-13-21(14-37)15-39-28-23(12-32-39)27(38-17-31(18-38)19-41-20-31)34-25(35-28)10-11-26-33-24(16-36(26)4)22-8-6-5-7-9-22/h5-9,12,16,21H,13-15,17-20H2,1-4H3. The Labute approximate surface area is 244 Å². The van der Waals surface area contributed by atoms with Gasteiger partial charge in [-0.1, -0.05) is 30.3 Å². The number of imidazole rings is 1. The smallest absolute Gasteiger partial charge is 0.410 e. The summed E-state index contributed by atoms with van der Waals surface area (Å²) in [5, 5.41) is 5.60. The highest BCUT2D eigenvalue weighted by atomic mass is 16.6. The number of likely N-dealkylation sites (tertiary alicyclic amines) is 1. The number of carbonyl (C=O) groups excluding carboxylic acids is 1. The topological polar surface area (TPSA) is 103 Å². The van der Waals surface area contributed by atoms with Crippen molar-refractivity contribution in [2.24, 2.45) is 18.4 Å². The van der Waals surface area contributed by atoms with E-state index >= 15 is 0 Å². The quantitative estimate of drug-likeness (QED) is 0.347. The van der Waals surface area contributed by atoms with Gasteiger partial charge in [0.2, 0.25) is 5.82 Å². The minimum Gasteiger partial charge on any atom is -0.444 e. The van der Waals surface area contributed by atoms with E-state index in [1.54, 1.807) is 4.90 Å². The number of aromatic nitrogens is 6. The van der Waals surface area contributed by atoms with Crippen LogP contribution in [0.4, 0.5) is 10.6 Å². The largest absolute Gasteiger partial charge is 0.444 e. The van der Waals surface area contributed by atoms with Crippen LogP contribution in [0.15, 0.2) is 42.7 Å². The summed E-state index contributed by atoms with van der Waals surface area (Å²) in [4.78, 5) is 30.9. The number of hydrogen-bond donors (Lipinski definition) is 0. The molecule has 11 heteroatoms. The van der Waals surface area contributed by atoms with Crippen molar-refractivity contribution >= 4 is 22.9 Å². The maximum Gasteiger partial charge on any atom is 0.410 e. The van der Waals surface area contributed by atoms with Crippen molar-refractivity contribution in [1.29, 1.82) is 0 Å². The lowest BCUT2D eigenvalue weighted by atomic mass is 9.78. The zero-order valence-electron chi connectivity index (χ0n) is 24.4. The summed E-state index contributed by atoms with van der Waals surface area (Å²) >= 11 is 0. The second-order valence-corrected chi connectivity index (χ2v) is 12.7. The number of rotatable bonds is 4. The monoisotopic (exact) mass is 566 g/mol. The Balaban J connectivity index is 1.16. The summed E-state index contributed by atoms with van der Waals surface area (Å²) in [5.74, 6) is 8.54. The molecule has 216 valence electrons. The Morgan fingerprint density at radius 3 is 2.55 bits per heavy atom. The van der Waals surface area contributed by atoms with E-state index < -0.39 is 5.60 Å². The number of ether oxygens (including phenoxy) is 2. The van der Waals surface area contributed by atoms with Gasteiger partial charge in [0.1, 0.15) is 11.4 Å². The van der Waals surface area contributed by atoms with Crippen molar-refractivity contribution in [3.63, 3.8) is 0 Å². The molecule has 0 radical (unpaired) electrons. The summed E-state index contributed by atoms with van der Waals surface area (Å²) in [6.07, 6.45) is 3.55. The average Bonchev–Trinajstić information content (AvgIpc) is 3.45. The fraction of sp³-hybridized carbons (Fsp3) is 0.452. The van der Waals surface area contributed by atoms with E-state index in [4.69, 9.17) is 29.5 Å². The fourth-order valence-corrected chi connectivity index (χ4v) is 5.71. The van der Waals surface area contributed by atoms with Crippen LogP contribution in [0, 0.1) is 23.2 Å². The molecule has 6 heterocycles. The van der Waals surface area contributed by atoms with Crippen molar-refractivity contribution < 1.29 is 14.3 Å². The van der Waals surface area contributed by atoms with Gasteiger partial charge in [-0.2, -0.15) is 5.10 Å². The first-order valence-corrected chi connectivity index (χ1v) is 14.3. The van der Waals surface area contributed by atoms with Gasteiger partial charge in [0.05, 0.1) is 35.9 Å². The van der Waals surface area contributed by atoms with Gasteiger partial charge in [-0.3, -0.25) is 0 Å². The molecule has 1 spiro atoms. The number of benzene rings is 1. The number of fused-ring (bicyclic) bond motifs is 1. The van der Waals surface area contributed by atoms with Crippen LogP contribution in [-0.2, 0) is 23.1 Å². The molecule has 11 nitrogen and oxygen atoms in total. The molecule has 0 bridgehead atoms. The molecule has 7 rings (SSSR count). The molecule has 0 aliphatic carbocycles. The van der Waals surface area contributed by atoms with Crippen molar-refractivity contribution in [3.05, 3.63) is 54.4 Å². The lowest BCUT2D eigenvalue weighted by Crippen LogP contribution is -2.66. The number of hydrogen-bond acceptors (Lipinski definition) is 8. The molecule has 0 N–H and O–H groups in total. The van der Waals surface area contributed by atoms with Gasteiger partial charge in [0.25, 0.3) is 0 Å². The molecular formula is C31H34N8O3. The first-order chi connectivity index (χ1) is 20.1. The molecule has 3 aliphatic heterocycles. The zero-order valence-corrected chi connectivity index (χ0v) is 24.4. The predicted octanol–water partition coefficient (Wildman–Crippen LogP) is 3.33. The maximum atomic E-state index is 12.4. The third kappa shape index (κ3) is 4.96. The molecule has 3 fully saturated rings. The van der Waals surface area contributed by atoms with Crippen LogP contribution in [0.25, 0.3) is 22.3 Å². The van der Waals surface area contributed by atoms with E-state index in [1.165, 1.54) is 0 Å². The van der Waals surface area contributed by atoms with Crippen molar-refractivity contribution in [3.8, 4) is 23.1 Å². The van der Waals surface area contributed by atoms with E-state index in [2.05, 4.69) is 16.7 Å². The van der Waals surface area contributed by atoms with Crippen LogP contribution >= 0.6 is 0 Å². The van der Waals surface area contributed by atoms with Gasteiger partial charge in [-0.05, 0) is 32.6 Å². The Hall–Kier alpha value is -4.43. The molecular weight excluding hydrogens is 532 g/mol. The van der Waals surface area contributed by atoms with E-state index in [1.807, 2.05) is 79.8 Å². The van der Waals surface area contributed by atoms with E-state index in [9.17, 15) is 4.79 Å². The van der Waals surface area contributed by atoms with Gasteiger partial charge in [-0.15, -0.1) is 0 Å². The summed E-state index contributed by atoms with van der Waals surface area (Å²) in [6.45, 7) is 10.9. The second kappa shape index (κ2) is 9.84. The Kier molecular flexibility index (Phi) is 6.20. The van der Waals surface area contributed by atoms with Gasteiger partial charge in [0.15, 0.2) is 11.5 Å². The van der Waals surface area contributed by atoms with Crippen LogP contribution < -0.4 is 4.90 Å². The number of aryl methyl sites for hydroxylation is 1. The van der Waals surface area contributed by atoms with Crippen LogP contribution in [0.1, 0.15) is 32.4 Å². The Morgan fingerprint density at radius 1 is 1.10 bits per heavy atom. The summed E-state index contributed by atoms with van der Waals surface area (Å²) < 4.78 is 14.8. The van der Waals surface area contributed by atoms with Crippen LogP contribution in [0.5, 0.6) is 0 Å². The van der Waals surface area contributed by atoms with Crippen molar-refractivity contribution in [1.82, 2.24) is 34.2 Å². The van der Waals surface area contributed by atoms with Gasteiger partial charge in [0, 0.05) is 57.4 Å². The van der Waals surface area contributed by atoms with Gasteiger partial charge in [-0.25, -0.2) is 24.4 Å². The normalized spacial score (nSPS) is 17.8. The highest BCUT2D eigenvalue weighted by Crippen LogP contribution is 2.41. The van der Waals surface area contributed by atoms with Crippen molar-refractivity contribution in [2.45, 2.75) is 32.9 Å². The van der Waals surface area contributed by atoms with Crippen LogP contribution in [0.2, 0.25) is 0 Å². The van der Waals surface area contributed by atoms with E-state index in [0.29, 0.717) is 31.3 Å². The molecule has 4 aromatic rings. The molecule has 0 saturated carbocycles. The SMILES string of the molecule is Cn1cc(-c2ccccc2)nc1C#Cc1nc(N2CC3(COC3)C2)c2cnn(CC3CN(C(=O)OC(C)(C)C)C3)c2n1. The highest BCUT2D eigenvalue weighted by Gasteiger charge is 2.50. The number of nitrogens with zero attached hydrogens (tertiary/aromatic N) is 8. The van der Waals surface area contributed by atoms with Crippen molar-refractivity contribution in [2.75, 3.05) is 44.3 Å². The highest BCUT2D eigenvalue weighted by molar-refractivity contribution is 5.88. The Bertz CT molecular complexity index is 1710. The molecule has 1 amide bonds. The minimum atomic E-state index is -0.510. The third-order valence-corrected chi connectivity index (χ3v) is 7.92. The summed E-state index contributed by atoms with van der Waals surface area (Å²) in [7, 11) is 1.94. The molecule has 3 aromatic heterocycles. The molecule has 0 atom stereocenters. The maximum absolute atomic E-state index is 12.4. The number of carbonyl (C=O) groups is 1. The van der Waals surface area contributed by atoms with E-state index in [0.717, 1.165) is 54.4 Å². The number of amides is 1. The van der Waals surface area contributed by atoms with Crippen LogP contribution in [0.3, 0.4) is 0 Å². The molecule has 1 aromatic carbocycles. The lowest BCUT2D eigenvalue weighted by Gasteiger charge is -2.55. The summed E-state index contributed by atoms with van der Waals surface area (Å²) in [6, 6.07) is 10.1. The zero-order chi connectivity index (χ0) is 29.1. The predicted molar refractivity (Wildman–Crippen MR) is 157 cm³/mol. The number of anilines is 1. The molecule has 42 heavy (non-hydrogen) atoms. The van der Waals surface area contributed by atoms with E-state index in [-0.39, 0.29) is 17.4 Å². The molecule has 3 saturated heterocycles. The molecule has 3 aliphatic rings. The molecule has 0 unspecified atom stereocenters. The second-order valence-electron chi connectivity index (χ2n) is 12.7. The third-order valence-electron chi connectivity index (χ3n) is 7.92. The lowest BCUT2D eigenvalue weighted by molar-refractivity contribution is -0.127. The van der Waals surface area contributed by atoms with Crippen LogP contribution in [-0.4, -0.2) is 85.3 Å². The average molecular weight is 567 g/mol. The first kappa shape index (κ1) is 26.5. The Morgan fingerprint density at radius 2 is 1.86 bits per heavy atom. The minimum absolute atomic E-state index is 0.233. The summed E-state index contributed by atoms with van der Waals surface area (Å²) in [5.41, 5.74) is 2.38. The van der Waals surface area contributed by atoms with Gasteiger partial charge < -0.3 is 23.8 Å². The fourth-order valence-electron chi connectivity index (χ4n) is 5.71. The van der Waals surface area contributed by atoms with Gasteiger partial charge >= 0.3 is 6.09 Å².